The standard InChI is InChI=1S/C13H16O2/c1-10(2)13(14)9-6-11-4-7-12(15-3)8-5-11/h4-5,7-8,10,13-14H,1-3H3. The minimum atomic E-state index is -0.563. The molecule has 2 nitrogen and oxygen atoms in total. The predicted octanol–water partition coefficient (Wildman–Crippen LogP) is 2.06. The normalized spacial score (nSPS) is 11.8. The Bertz CT molecular complexity index is 354. The van der Waals surface area contributed by atoms with Gasteiger partial charge in [0.05, 0.1) is 7.11 Å². The summed E-state index contributed by atoms with van der Waals surface area (Å²) in [6, 6.07) is 7.45. The van der Waals surface area contributed by atoms with E-state index >= 15 is 0 Å². The number of benzene rings is 1. The van der Waals surface area contributed by atoms with Crippen LogP contribution in [-0.2, 0) is 0 Å². The third-order valence-electron chi connectivity index (χ3n) is 2.09. The zero-order valence-corrected chi connectivity index (χ0v) is 9.32. The summed E-state index contributed by atoms with van der Waals surface area (Å²) >= 11 is 0. The fourth-order valence-corrected chi connectivity index (χ4v) is 0.998. The van der Waals surface area contributed by atoms with Gasteiger partial charge in [0, 0.05) is 5.56 Å². The molecule has 1 atom stereocenters. The minimum Gasteiger partial charge on any atom is -0.497 e. The number of hydrogen-bond donors (Lipinski definition) is 1. The number of rotatable bonds is 2. The molecule has 1 aromatic carbocycles. The van der Waals surface area contributed by atoms with Crippen molar-refractivity contribution in [1.29, 1.82) is 0 Å². The first-order chi connectivity index (χ1) is 7.13. The molecule has 15 heavy (non-hydrogen) atoms. The lowest BCUT2D eigenvalue weighted by Crippen LogP contribution is -2.11. The Kier molecular flexibility index (Phi) is 4.20. The highest BCUT2D eigenvalue weighted by Gasteiger charge is 2.03. The van der Waals surface area contributed by atoms with Crippen LogP contribution in [0.3, 0.4) is 0 Å². The second-order valence-corrected chi connectivity index (χ2v) is 3.69. The van der Waals surface area contributed by atoms with Gasteiger partial charge in [0.25, 0.3) is 0 Å². The van der Waals surface area contributed by atoms with Gasteiger partial charge in [-0.15, -0.1) is 0 Å². The number of hydrogen-bond acceptors (Lipinski definition) is 2. The lowest BCUT2D eigenvalue weighted by molar-refractivity contribution is 0.181. The van der Waals surface area contributed by atoms with Gasteiger partial charge in [-0.1, -0.05) is 25.7 Å². The summed E-state index contributed by atoms with van der Waals surface area (Å²) in [7, 11) is 1.63. The van der Waals surface area contributed by atoms with Gasteiger partial charge < -0.3 is 9.84 Å². The summed E-state index contributed by atoms with van der Waals surface area (Å²) in [6.45, 7) is 3.88. The molecule has 0 heterocycles. The molecule has 1 aromatic rings. The van der Waals surface area contributed by atoms with Crippen LogP contribution in [0.25, 0.3) is 0 Å². The Morgan fingerprint density at radius 1 is 1.20 bits per heavy atom. The molecule has 1 rings (SSSR count). The van der Waals surface area contributed by atoms with E-state index in [2.05, 4.69) is 11.8 Å². The van der Waals surface area contributed by atoms with Crippen LogP contribution in [-0.4, -0.2) is 18.3 Å². The van der Waals surface area contributed by atoms with Crippen molar-refractivity contribution in [2.45, 2.75) is 20.0 Å². The van der Waals surface area contributed by atoms with Gasteiger partial charge in [0.2, 0.25) is 0 Å². The molecule has 0 radical (unpaired) electrons. The third-order valence-corrected chi connectivity index (χ3v) is 2.09. The Balaban J connectivity index is 2.72. The average molecular weight is 204 g/mol. The lowest BCUT2D eigenvalue weighted by Gasteiger charge is -2.05. The summed E-state index contributed by atoms with van der Waals surface area (Å²) in [5.41, 5.74) is 0.885. The first kappa shape index (κ1) is 11.6. The van der Waals surface area contributed by atoms with Gasteiger partial charge in [0.15, 0.2) is 0 Å². The van der Waals surface area contributed by atoms with Crippen molar-refractivity contribution in [3.05, 3.63) is 29.8 Å². The molecular formula is C13H16O2. The summed E-state index contributed by atoms with van der Waals surface area (Å²) in [4.78, 5) is 0. The fourth-order valence-electron chi connectivity index (χ4n) is 0.998. The lowest BCUT2D eigenvalue weighted by atomic mass is 10.1. The van der Waals surface area contributed by atoms with Gasteiger partial charge in [-0.05, 0) is 30.2 Å². The van der Waals surface area contributed by atoms with Crippen LogP contribution in [0.5, 0.6) is 5.75 Å². The molecule has 0 aromatic heterocycles. The molecule has 0 spiro atoms. The molecule has 2 heteroatoms. The van der Waals surface area contributed by atoms with Crippen LogP contribution in [0.15, 0.2) is 24.3 Å². The van der Waals surface area contributed by atoms with Crippen molar-refractivity contribution in [2.75, 3.05) is 7.11 Å². The molecule has 0 aliphatic heterocycles. The van der Waals surface area contributed by atoms with E-state index in [0.29, 0.717) is 0 Å². The zero-order chi connectivity index (χ0) is 11.3. The summed E-state index contributed by atoms with van der Waals surface area (Å²) in [5, 5.41) is 9.49. The van der Waals surface area contributed by atoms with Crippen molar-refractivity contribution in [1.82, 2.24) is 0 Å². The van der Waals surface area contributed by atoms with E-state index in [4.69, 9.17) is 4.74 Å². The van der Waals surface area contributed by atoms with Crippen LogP contribution in [0.4, 0.5) is 0 Å². The van der Waals surface area contributed by atoms with E-state index in [0.717, 1.165) is 11.3 Å². The number of methoxy groups -OCH3 is 1. The average Bonchev–Trinajstić information content (AvgIpc) is 2.26. The highest BCUT2D eigenvalue weighted by molar-refractivity contribution is 5.38. The molecule has 0 aliphatic rings. The molecule has 0 saturated heterocycles. The van der Waals surface area contributed by atoms with E-state index in [9.17, 15) is 5.11 Å². The Morgan fingerprint density at radius 3 is 2.27 bits per heavy atom. The molecule has 0 fully saturated rings. The smallest absolute Gasteiger partial charge is 0.118 e. The number of aliphatic hydroxyl groups is 1. The van der Waals surface area contributed by atoms with E-state index in [1.165, 1.54) is 0 Å². The fraction of sp³-hybridized carbons (Fsp3) is 0.385. The Labute approximate surface area is 90.9 Å². The molecular weight excluding hydrogens is 188 g/mol. The van der Waals surface area contributed by atoms with E-state index in [1.807, 2.05) is 38.1 Å². The molecule has 1 N–H and O–H groups in total. The van der Waals surface area contributed by atoms with Gasteiger partial charge in [-0.2, -0.15) is 0 Å². The largest absolute Gasteiger partial charge is 0.497 e. The van der Waals surface area contributed by atoms with E-state index in [-0.39, 0.29) is 5.92 Å². The van der Waals surface area contributed by atoms with Crippen LogP contribution in [0.1, 0.15) is 19.4 Å². The minimum absolute atomic E-state index is 0.163. The van der Waals surface area contributed by atoms with Gasteiger partial charge in [0.1, 0.15) is 11.9 Å². The second-order valence-electron chi connectivity index (χ2n) is 3.69. The predicted molar refractivity (Wildman–Crippen MR) is 60.7 cm³/mol. The van der Waals surface area contributed by atoms with Crippen LogP contribution in [0.2, 0.25) is 0 Å². The maximum Gasteiger partial charge on any atom is 0.118 e. The van der Waals surface area contributed by atoms with Gasteiger partial charge in [-0.3, -0.25) is 0 Å². The van der Waals surface area contributed by atoms with E-state index < -0.39 is 6.10 Å². The summed E-state index contributed by atoms with van der Waals surface area (Å²) < 4.78 is 5.04. The van der Waals surface area contributed by atoms with Crippen molar-refractivity contribution in [3.63, 3.8) is 0 Å². The first-order valence-corrected chi connectivity index (χ1v) is 4.97. The maximum atomic E-state index is 9.49. The first-order valence-electron chi connectivity index (χ1n) is 4.97. The van der Waals surface area contributed by atoms with Crippen LogP contribution >= 0.6 is 0 Å². The van der Waals surface area contributed by atoms with Crippen molar-refractivity contribution in [2.24, 2.45) is 5.92 Å². The molecule has 80 valence electrons. The summed E-state index contributed by atoms with van der Waals surface area (Å²) in [5.74, 6) is 6.69. The second kappa shape index (κ2) is 5.43. The molecule has 0 aliphatic carbocycles. The van der Waals surface area contributed by atoms with Crippen molar-refractivity contribution < 1.29 is 9.84 Å². The number of aliphatic hydroxyl groups excluding tert-OH is 1. The molecule has 0 amide bonds. The van der Waals surface area contributed by atoms with Gasteiger partial charge in [-0.25, -0.2) is 0 Å². The van der Waals surface area contributed by atoms with Crippen molar-refractivity contribution >= 4 is 0 Å². The molecule has 1 unspecified atom stereocenters. The Morgan fingerprint density at radius 2 is 1.80 bits per heavy atom. The monoisotopic (exact) mass is 204 g/mol. The molecule has 0 saturated carbocycles. The van der Waals surface area contributed by atoms with Crippen LogP contribution < -0.4 is 4.74 Å². The highest BCUT2D eigenvalue weighted by atomic mass is 16.5. The van der Waals surface area contributed by atoms with Crippen molar-refractivity contribution in [3.8, 4) is 17.6 Å². The SMILES string of the molecule is COc1ccc(C#CC(O)C(C)C)cc1. The Hall–Kier alpha value is -1.46. The van der Waals surface area contributed by atoms with E-state index in [1.54, 1.807) is 7.11 Å². The number of ether oxygens (including phenoxy) is 1. The quantitative estimate of drug-likeness (QED) is 0.747. The topological polar surface area (TPSA) is 29.5 Å². The van der Waals surface area contributed by atoms with Crippen LogP contribution in [0, 0.1) is 17.8 Å². The highest BCUT2D eigenvalue weighted by Crippen LogP contribution is 2.10. The zero-order valence-electron chi connectivity index (χ0n) is 9.32. The molecule has 0 bridgehead atoms. The summed E-state index contributed by atoms with van der Waals surface area (Å²) in [6.07, 6.45) is -0.563. The maximum absolute atomic E-state index is 9.49. The third kappa shape index (κ3) is 3.65. The van der Waals surface area contributed by atoms with Gasteiger partial charge >= 0.3 is 0 Å².